The predicted molar refractivity (Wildman–Crippen MR) is 79.1 cm³/mol. The second-order valence-electron chi connectivity index (χ2n) is 5.53. The summed E-state index contributed by atoms with van der Waals surface area (Å²) >= 11 is 0. The zero-order valence-corrected chi connectivity index (χ0v) is 11.9. The Morgan fingerprint density at radius 3 is 2.89 bits per heavy atom. The summed E-state index contributed by atoms with van der Waals surface area (Å²) in [6, 6.07) is 9.39. The predicted octanol–water partition coefficient (Wildman–Crippen LogP) is 3.59. The molecule has 100 valence electrons. The second kappa shape index (κ2) is 6.24. The first-order valence-electron chi connectivity index (χ1n) is 7.27. The first-order valence-corrected chi connectivity index (χ1v) is 7.27. The van der Waals surface area contributed by atoms with Gasteiger partial charge in [-0.1, -0.05) is 38.5 Å². The van der Waals surface area contributed by atoms with Gasteiger partial charge in [0.2, 0.25) is 0 Å². The van der Waals surface area contributed by atoms with Crippen LogP contribution < -0.4 is 10.2 Å². The molecule has 0 amide bonds. The van der Waals surface area contributed by atoms with Crippen molar-refractivity contribution in [3.8, 4) is 0 Å². The van der Waals surface area contributed by atoms with Crippen LogP contribution in [0.25, 0.3) is 0 Å². The quantitative estimate of drug-likeness (QED) is 0.854. The lowest BCUT2D eigenvalue weighted by Gasteiger charge is -2.37. The number of hydrogen-bond donors (Lipinski definition) is 1. The molecule has 0 saturated carbocycles. The largest absolute Gasteiger partial charge is 0.371 e. The molecule has 0 aromatic heterocycles. The Morgan fingerprint density at radius 1 is 1.39 bits per heavy atom. The van der Waals surface area contributed by atoms with Crippen molar-refractivity contribution in [2.45, 2.75) is 39.2 Å². The molecule has 2 unspecified atom stereocenters. The molecule has 0 spiro atoms. The van der Waals surface area contributed by atoms with Gasteiger partial charge in [-0.05, 0) is 37.4 Å². The molecule has 18 heavy (non-hydrogen) atoms. The number of rotatable bonds is 5. The molecule has 2 rings (SSSR count). The second-order valence-corrected chi connectivity index (χ2v) is 5.53. The van der Waals surface area contributed by atoms with E-state index in [2.05, 4.69) is 55.4 Å². The van der Waals surface area contributed by atoms with Gasteiger partial charge in [-0.15, -0.1) is 0 Å². The first kappa shape index (κ1) is 13.4. The summed E-state index contributed by atoms with van der Waals surface area (Å²) < 4.78 is 0. The van der Waals surface area contributed by atoms with E-state index in [1.165, 1.54) is 43.6 Å². The fraction of sp³-hybridized carbons (Fsp3) is 0.625. The van der Waals surface area contributed by atoms with Crippen LogP contribution >= 0.6 is 0 Å². The lowest BCUT2D eigenvalue weighted by molar-refractivity contribution is 0.468. The molecule has 1 aromatic carbocycles. The number of para-hydroxylation sites is 1. The highest BCUT2D eigenvalue weighted by atomic mass is 15.1. The Bertz CT molecular complexity index is 375. The molecule has 0 radical (unpaired) electrons. The molecule has 1 aliphatic heterocycles. The summed E-state index contributed by atoms with van der Waals surface area (Å²) in [7, 11) is 2.07. The molecule has 2 nitrogen and oxygen atoms in total. The highest BCUT2D eigenvalue weighted by molar-refractivity contribution is 5.57. The number of benzene rings is 1. The molecule has 0 bridgehead atoms. The maximum absolute atomic E-state index is 3.43. The van der Waals surface area contributed by atoms with Gasteiger partial charge in [0.1, 0.15) is 0 Å². The average Bonchev–Trinajstić information content (AvgIpc) is 2.39. The normalized spacial score (nSPS) is 20.6. The highest BCUT2D eigenvalue weighted by Gasteiger charge is 2.24. The molecular formula is C16H26N2. The maximum atomic E-state index is 3.43. The Labute approximate surface area is 111 Å². The lowest BCUT2D eigenvalue weighted by Crippen LogP contribution is -2.37. The topological polar surface area (TPSA) is 15.3 Å². The third-order valence-corrected chi connectivity index (χ3v) is 4.00. The third kappa shape index (κ3) is 2.86. The van der Waals surface area contributed by atoms with E-state index in [-0.39, 0.29) is 0 Å². The van der Waals surface area contributed by atoms with Gasteiger partial charge in [-0.2, -0.15) is 0 Å². The molecule has 0 saturated heterocycles. The Hall–Kier alpha value is -1.02. The minimum absolute atomic E-state index is 0.527. The van der Waals surface area contributed by atoms with E-state index in [4.69, 9.17) is 0 Å². The van der Waals surface area contributed by atoms with Crippen LogP contribution in [-0.4, -0.2) is 20.1 Å². The van der Waals surface area contributed by atoms with Crippen molar-refractivity contribution in [1.82, 2.24) is 5.32 Å². The van der Waals surface area contributed by atoms with Crippen molar-refractivity contribution in [3.63, 3.8) is 0 Å². The van der Waals surface area contributed by atoms with E-state index in [9.17, 15) is 0 Å². The molecule has 1 aromatic rings. The Kier molecular flexibility index (Phi) is 4.65. The van der Waals surface area contributed by atoms with Crippen LogP contribution in [0.4, 0.5) is 5.69 Å². The molecule has 1 heterocycles. The van der Waals surface area contributed by atoms with Crippen LogP contribution in [0.15, 0.2) is 24.3 Å². The van der Waals surface area contributed by atoms with E-state index >= 15 is 0 Å². The summed E-state index contributed by atoms with van der Waals surface area (Å²) in [5.41, 5.74) is 2.90. The Balaban J connectivity index is 2.14. The van der Waals surface area contributed by atoms with Crippen molar-refractivity contribution >= 4 is 5.69 Å². The summed E-state index contributed by atoms with van der Waals surface area (Å²) in [5, 5.41) is 3.43. The maximum Gasteiger partial charge on any atom is 0.0414 e. The van der Waals surface area contributed by atoms with Gasteiger partial charge in [0.15, 0.2) is 0 Å². The molecule has 2 atom stereocenters. The summed E-state index contributed by atoms with van der Waals surface area (Å²) in [6.07, 6.45) is 3.83. The minimum Gasteiger partial charge on any atom is -0.371 e. The van der Waals surface area contributed by atoms with Crippen molar-refractivity contribution in [2.24, 2.45) is 5.92 Å². The monoisotopic (exact) mass is 246 g/mol. The molecule has 2 heteroatoms. The van der Waals surface area contributed by atoms with Crippen LogP contribution in [-0.2, 0) is 0 Å². The van der Waals surface area contributed by atoms with Gasteiger partial charge in [0, 0.05) is 24.8 Å². The van der Waals surface area contributed by atoms with Crippen molar-refractivity contribution < 1.29 is 0 Å². The zero-order valence-electron chi connectivity index (χ0n) is 11.9. The number of anilines is 1. The minimum atomic E-state index is 0.527. The van der Waals surface area contributed by atoms with Crippen LogP contribution in [0, 0.1) is 5.92 Å². The zero-order chi connectivity index (χ0) is 13.0. The summed E-state index contributed by atoms with van der Waals surface area (Å²) in [6.45, 7) is 7.02. The number of nitrogens with zero attached hydrogens (tertiary/aromatic N) is 1. The van der Waals surface area contributed by atoms with Crippen LogP contribution in [0.1, 0.15) is 44.7 Å². The van der Waals surface area contributed by atoms with Gasteiger partial charge in [-0.3, -0.25) is 0 Å². The molecule has 1 aliphatic rings. The van der Waals surface area contributed by atoms with E-state index in [1.54, 1.807) is 0 Å². The third-order valence-electron chi connectivity index (χ3n) is 4.00. The Morgan fingerprint density at radius 2 is 2.17 bits per heavy atom. The van der Waals surface area contributed by atoms with Crippen LogP contribution in [0.2, 0.25) is 0 Å². The van der Waals surface area contributed by atoms with Gasteiger partial charge in [0.05, 0.1) is 0 Å². The summed E-state index contributed by atoms with van der Waals surface area (Å²) in [4.78, 5) is 2.57. The number of hydrogen-bond acceptors (Lipinski definition) is 2. The van der Waals surface area contributed by atoms with Crippen molar-refractivity contribution in [2.75, 3.05) is 25.0 Å². The van der Waals surface area contributed by atoms with Crippen molar-refractivity contribution in [1.29, 1.82) is 0 Å². The molecule has 1 N–H and O–H groups in total. The van der Waals surface area contributed by atoms with E-state index in [1.807, 2.05) is 0 Å². The number of nitrogens with one attached hydrogen (secondary N) is 1. The van der Waals surface area contributed by atoms with E-state index < -0.39 is 0 Å². The lowest BCUT2D eigenvalue weighted by atomic mass is 9.95. The van der Waals surface area contributed by atoms with E-state index in [0.29, 0.717) is 6.04 Å². The first-order chi connectivity index (χ1) is 8.76. The molecule has 0 aliphatic carbocycles. The van der Waals surface area contributed by atoms with Crippen LogP contribution in [0.3, 0.4) is 0 Å². The van der Waals surface area contributed by atoms with Gasteiger partial charge in [-0.25, -0.2) is 0 Å². The highest BCUT2D eigenvalue weighted by Crippen LogP contribution is 2.33. The SMILES string of the molecule is CCCC(C)CN1CCC(NC)c2ccccc21. The average molecular weight is 246 g/mol. The smallest absolute Gasteiger partial charge is 0.0414 e. The van der Waals surface area contributed by atoms with Gasteiger partial charge < -0.3 is 10.2 Å². The molecule has 0 fully saturated rings. The van der Waals surface area contributed by atoms with Crippen molar-refractivity contribution in [3.05, 3.63) is 29.8 Å². The fourth-order valence-electron chi connectivity index (χ4n) is 3.08. The molecular weight excluding hydrogens is 220 g/mol. The standard InChI is InChI=1S/C16H26N2/c1-4-7-13(2)12-18-11-10-15(17-3)14-8-5-6-9-16(14)18/h5-6,8-9,13,15,17H,4,7,10-12H2,1-3H3. The van der Waals surface area contributed by atoms with Crippen LogP contribution in [0.5, 0.6) is 0 Å². The van der Waals surface area contributed by atoms with Gasteiger partial charge in [0.25, 0.3) is 0 Å². The number of fused-ring (bicyclic) bond motifs is 1. The van der Waals surface area contributed by atoms with Gasteiger partial charge >= 0.3 is 0 Å². The van der Waals surface area contributed by atoms with E-state index in [0.717, 1.165) is 5.92 Å². The fourth-order valence-corrected chi connectivity index (χ4v) is 3.08. The summed E-state index contributed by atoms with van der Waals surface area (Å²) in [5.74, 6) is 0.786.